The standard InChI is InChI=1S/C19H23NO5S/c1-14-7-9-18(10-8-14)26(23,24)20(15(2)19(21)22)12-11-16-5-4-6-17(13-16)25-3/h4-10,13,15H,11-12H2,1-3H3,(H,21,22). The molecule has 0 heterocycles. The Labute approximate surface area is 154 Å². The zero-order valence-electron chi connectivity index (χ0n) is 15.0. The van der Waals surface area contributed by atoms with Crippen molar-refractivity contribution in [3.8, 4) is 5.75 Å². The van der Waals surface area contributed by atoms with Crippen LogP contribution in [0.5, 0.6) is 5.75 Å². The molecule has 1 atom stereocenters. The van der Waals surface area contributed by atoms with Crippen LogP contribution >= 0.6 is 0 Å². The number of methoxy groups -OCH3 is 1. The zero-order chi connectivity index (χ0) is 19.3. The summed E-state index contributed by atoms with van der Waals surface area (Å²) < 4.78 is 32.1. The molecule has 0 saturated heterocycles. The smallest absolute Gasteiger partial charge is 0.321 e. The van der Waals surface area contributed by atoms with Crippen molar-refractivity contribution < 1.29 is 23.1 Å². The predicted molar refractivity (Wildman–Crippen MR) is 98.9 cm³/mol. The number of sulfonamides is 1. The second-order valence-corrected chi connectivity index (χ2v) is 7.94. The van der Waals surface area contributed by atoms with E-state index in [1.54, 1.807) is 25.3 Å². The van der Waals surface area contributed by atoms with E-state index >= 15 is 0 Å². The molecule has 0 spiro atoms. The van der Waals surface area contributed by atoms with Crippen molar-refractivity contribution in [3.05, 3.63) is 59.7 Å². The molecule has 2 aromatic carbocycles. The maximum absolute atomic E-state index is 13.0. The van der Waals surface area contributed by atoms with Crippen molar-refractivity contribution in [2.24, 2.45) is 0 Å². The topological polar surface area (TPSA) is 83.9 Å². The summed E-state index contributed by atoms with van der Waals surface area (Å²) in [6.07, 6.45) is 0.375. The minimum Gasteiger partial charge on any atom is -0.497 e. The minimum absolute atomic E-state index is 0.0524. The number of carboxylic acids is 1. The molecule has 7 heteroatoms. The van der Waals surface area contributed by atoms with Crippen LogP contribution in [0.1, 0.15) is 18.1 Å². The van der Waals surface area contributed by atoms with Gasteiger partial charge in [0.15, 0.2) is 0 Å². The number of carbonyl (C=O) groups is 1. The van der Waals surface area contributed by atoms with Gasteiger partial charge in [0.1, 0.15) is 11.8 Å². The van der Waals surface area contributed by atoms with Crippen LogP contribution in [0, 0.1) is 6.92 Å². The maximum Gasteiger partial charge on any atom is 0.321 e. The molecule has 1 unspecified atom stereocenters. The first kappa shape index (κ1) is 19.9. The molecule has 0 aliphatic rings. The molecule has 0 aromatic heterocycles. The van der Waals surface area contributed by atoms with Gasteiger partial charge in [0.25, 0.3) is 0 Å². The molecule has 0 amide bonds. The van der Waals surface area contributed by atoms with Gasteiger partial charge in [0, 0.05) is 6.54 Å². The molecule has 0 fully saturated rings. The summed E-state index contributed by atoms with van der Waals surface area (Å²) in [6, 6.07) is 12.5. The van der Waals surface area contributed by atoms with Gasteiger partial charge in [-0.1, -0.05) is 29.8 Å². The molecule has 26 heavy (non-hydrogen) atoms. The molecule has 0 radical (unpaired) electrons. The number of aryl methyl sites for hydroxylation is 1. The van der Waals surface area contributed by atoms with Gasteiger partial charge in [-0.25, -0.2) is 8.42 Å². The number of carboxylic acid groups (broad SMARTS) is 1. The Hall–Kier alpha value is -2.38. The second kappa shape index (κ2) is 8.33. The number of aliphatic carboxylic acids is 1. The summed E-state index contributed by atoms with van der Waals surface area (Å²) >= 11 is 0. The van der Waals surface area contributed by atoms with Crippen LogP contribution in [0.4, 0.5) is 0 Å². The second-order valence-electron chi connectivity index (χ2n) is 6.04. The zero-order valence-corrected chi connectivity index (χ0v) is 15.9. The minimum atomic E-state index is -3.93. The highest BCUT2D eigenvalue weighted by Gasteiger charge is 2.32. The fourth-order valence-electron chi connectivity index (χ4n) is 2.56. The highest BCUT2D eigenvalue weighted by Crippen LogP contribution is 2.21. The number of nitrogens with zero attached hydrogens (tertiary/aromatic N) is 1. The quantitative estimate of drug-likeness (QED) is 0.765. The Balaban J connectivity index is 2.30. The van der Waals surface area contributed by atoms with Gasteiger partial charge >= 0.3 is 5.97 Å². The van der Waals surface area contributed by atoms with E-state index in [4.69, 9.17) is 4.74 Å². The average Bonchev–Trinajstić information content (AvgIpc) is 2.62. The van der Waals surface area contributed by atoms with Crippen LogP contribution in [0.15, 0.2) is 53.4 Å². The van der Waals surface area contributed by atoms with Crippen LogP contribution in [-0.4, -0.2) is 43.5 Å². The molecule has 0 bridgehead atoms. The van der Waals surface area contributed by atoms with Gasteiger partial charge in [-0.2, -0.15) is 4.31 Å². The number of rotatable bonds is 8. The summed E-state index contributed by atoms with van der Waals surface area (Å²) in [5.41, 5.74) is 1.80. The first-order chi connectivity index (χ1) is 12.3. The lowest BCUT2D eigenvalue weighted by Crippen LogP contribution is -2.44. The summed E-state index contributed by atoms with van der Waals surface area (Å²) in [5.74, 6) is -0.520. The van der Waals surface area contributed by atoms with Gasteiger partial charge in [0.2, 0.25) is 10.0 Å². The highest BCUT2D eigenvalue weighted by molar-refractivity contribution is 7.89. The molecule has 0 aliphatic carbocycles. The van der Waals surface area contributed by atoms with Crippen LogP contribution in [0.25, 0.3) is 0 Å². The van der Waals surface area contributed by atoms with E-state index in [0.29, 0.717) is 12.2 Å². The third kappa shape index (κ3) is 4.62. The fraction of sp³-hybridized carbons (Fsp3) is 0.316. The Bertz CT molecular complexity index is 862. The van der Waals surface area contributed by atoms with E-state index in [-0.39, 0.29) is 11.4 Å². The number of benzene rings is 2. The van der Waals surface area contributed by atoms with Crippen molar-refractivity contribution in [3.63, 3.8) is 0 Å². The number of hydrogen-bond acceptors (Lipinski definition) is 4. The summed E-state index contributed by atoms with van der Waals surface area (Å²) in [4.78, 5) is 11.5. The van der Waals surface area contributed by atoms with Crippen LogP contribution in [0.2, 0.25) is 0 Å². The van der Waals surface area contributed by atoms with E-state index in [0.717, 1.165) is 15.4 Å². The van der Waals surface area contributed by atoms with Crippen LogP contribution in [-0.2, 0) is 21.2 Å². The molecular weight excluding hydrogens is 354 g/mol. The number of hydrogen-bond donors (Lipinski definition) is 1. The molecule has 0 aliphatic heterocycles. The lowest BCUT2D eigenvalue weighted by Gasteiger charge is -2.26. The van der Waals surface area contributed by atoms with Gasteiger partial charge in [0.05, 0.1) is 12.0 Å². The van der Waals surface area contributed by atoms with Crippen molar-refractivity contribution in [1.29, 1.82) is 0 Å². The van der Waals surface area contributed by atoms with Gasteiger partial charge in [-0.05, 0) is 50.1 Å². The SMILES string of the molecule is COc1cccc(CCN(C(C)C(=O)O)S(=O)(=O)c2ccc(C)cc2)c1. The van der Waals surface area contributed by atoms with E-state index in [2.05, 4.69) is 0 Å². The molecule has 1 N–H and O–H groups in total. The predicted octanol–water partition coefficient (Wildman–Crippen LogP) is 2.71. The Kier molecular flexibility index (Phi) is 6.39. The largest absolute Gasteiger partial charge is 0.497 e. The third-order valence-electron chi connectivity index (χ3n) is 4.17. The normalized spacial score (nSPS) is 12.8. The molecule has 140 valence electrons. The number of ether oxygens (including phenoxy) is 1. The molecule has 2 aromatic rings. The molecule has 0 saturated carbocycles. The highest BCUT2D eigenvalue weighted by atomic mass is 32.2. The lowest BCUT2D eigenvalue weighted by atomic mass is 10.1. The fourth-order valence-corrected chi connectivity index (χ4v) is 4.15. The summed E-state index contributed by atoms with van der Waals surface area (Å²) in [7, 11) is -2.37. The van der Waals surface area contributed by atoms with Gasteiger partial charge in [-0.3, -0.25) is 4.79 Å². The van der Waals surface area contributed by atoms with Crippen molar-refractivity contribution in [2.75, 3.05) is 13.7 Å². The third-order valence-corrected chi connectivity index (χ3v) is 6.16. The van der Waals surface area contributed by atoms with E-state index in [9.17, 15) is 18.3 Å². The van der Waals surface area contributed by atoms with Gasteiger partial charge in [-0.15, -0.1) is 0 Å². The first-order valence-corrected chi connectivity index (χ1v) is 9.64. The first-order valence-electron chi connectivity index (χ1n) is 8.20. The monoisotopic (exact) mass is 377 g/mol. The summed E-state index contributed by atoms with van der Waals surface area (Å²) in [6.45, 7) is 3.29. The Morgan fingerprint density at radius 1 is 1.19 bits per heavy atom. The van der Waals surface area contributed by atoms with E-state index < -0.39 is 22.0 Å². The average molecular weight is 377 g/mol. The van der Waals surface area contributed by atoms with E-state index in [1.165, 1.54) is 19.1 Å². The van der Waals surface area contributed by atoms with Crippen molar-refractivity contribution >= 4 is 16.0 Å². The van der Waals surface area contributed by atoms with Crippen molar-refractivity contribution in [1.82, 2.24) is 4.31 Å². The lowest BCUT2D eigenvalue weighted by molar-refractivity contribution is -0.140. The maximum atomic E-state index is 13.0. The van der Waals surface area contributed by atoms with Crippen molar-refractivity contribution in [2.45, 2.75) is 31.2 Å². The Morgan fingerprint density at radius 2 is 1.85 bits per heavy atom. The van der Waals surface area contributed by atoms with Crippen LogP contribution < -0.4 is 4.74 Å². The summed E-state index contributed by atoms with van der Waals surface area (Å²) in [5, 5.41) is 9.36. The molecule has 2 rings (SSSR count). The Morgan fingerprint density at radius 3 is 2.42 bits per heavy atom. The molecule has 6 nitrogen and oxygen atoms in total. The van der Waals surface area contributed by atoms with E-state index in [1.807, 2.05) is 25.1 Å². The molecular formula is C19H23NO5S. The van der Waals surface area contributed by atoms with Crippen LogP contribution in [0.3, 0.4) is 0 Å². The van der Waals surface area contributed by atoms with Gasteiger partial charge < -0.3 is 9.84 Å².